The molecule has 0 saturated heterocycles. The van der Waals surface area contributed by atoms with E-state index in [2.05, 4.69) is 5.32 Å². The fourth-order valence-corrected chi connectivity index (χ4v) is 2.65. The first kappa shape index (κ1) is 18.5. The lowest BCUT2D eigenvalue weighted by Gasteiger charge is -2.17. The maximum atomic E-state index is 12.4. The number of halogens is 1. The number of carbonyl (C=O) groups is 3. The number of carboxylic acid groups (broad SMARTS) is 1. The first-order valence-corrected chi connectivity index (χ1v) is 8.22. The van der Waals surface area contributed by atoms with Crippen LogP contribution in [0, 0.1) is 6.92 Å². The number of rotatable bonds is 5. The molecule has 0 saturated carbocycles. The summed E-state index contributed by atoms with van der Waals surface area (Å²) < 4.78 is 10.3. The molecule has 0 aromatic heterocycles. The molecular weight excluding hydrogens is 374 g/mol. The van der Waals surface area contributed by atoms with Gasteiger partial charge in [0.1, 0.15) is 5.70 Å². The second-order valence-electron chi connectivity index (χ2n) is 5.70. The Kier molecular flexibility index (Phi) is 5.14. The number of hydrogen-bond donors (Lipinski definition) is 2. The highest BCUT2D eigenvalue weighted by Crippen LogP contribution is 2.29. The highest BCUT2D eigenvalue weighted by atomic mass is 35.5. The van der Waals surface area contributed by atoms with Crippen LogP contribution in [0.25, 0.3) is 0 Å². The molecule has 0 fully saturated rings. The van der Waals surface area contributed by atoms with Crippen molar-refractivity contribution in [1.29, 1.82) is 0 Å². The van der Waals surface area contributed by atoms with E-state index < -0.39 is 24.2 Å². The Labute approximate surface area is 159 Å². The van der Waals surface area contributed by atoms with Crippen molar-refractivity contribution in [3.05, 3.63) is 76.0 Å². The number of aryl methyl sites for hydroxylation is 1. The molecule has 0 radical (unpaired) electrons. The molecular formula is C19H14ClNO6. The van der Waals surface area contributed by atoms with Crippen LogP contribution in [0.15, 0.2) is 59.3 Å². The molecule has 2 aromatic rings. The third-order valence-electron chi connectivity index (χ3n) is 3.83. The minimum absolute atomic E-state index is 0.0196. The second-order valence-corrected chi connectivity index (χ2v) is 6.07. The smallest absolute Gasteiger partial charge is 0.355 e. The number of esters is 2. The van der Waals surface area contributed by atoms with Crippen molar-refractivity contribution in [3.63, 3.8) is 0 Å². The molecule has 1 heterocycles. The Morgan fingerprint density at radius 1 is 1.19 bits per heavy atom. The Morgan fingerprint density at radius 2 is 1.93 bits per heavy atom. The highest BCUT2D eigenvalue weighted by Gasteiger charge is 2.37. The Morgan fingerprint density at radius 3 is 2.63 bits per heavy atom. The molecule has 2 N–H and O–H groups in total. The summed E-state index contributed by atoms with van der Waals surface area (Å²) in [4.78, 5) is 35.3. The topological polar surface area (TPSA) is 102 Å². The highest BCUT2D eigenvalue weighted by molar-refractivity contribution is 6.42. The van der Waals surface area contributed by atoms with Crippen LogP contribution in [-0.4, -0.2) is 29.3 Å². The van der Waals surface area contributed by atoms with Gasteiger partial charge < -0.3 is 19.9 Å². The van der Waals surface area contributed by atoms with E-state index in [1.807, 2.05) is 0 Å². The van der Waals surface area contributed by atoms with Gasteiger partial charge in [0.15, 0.2) is 5.03 Å². The van der Waals surface area contributed by atoms with Gasteiger partial charge in [-0.05, 0) is 36.8 Å². The standard InChI is InChI=1S/C19H14ClNO6/c1-10-5-2-3-8-13(10)17(24)26-19-15(14(20)18(25)27-19)21-12-7-4-6-11(9-12)16(22)23/h2-9,19,21H,1H3,(H,22,23)/t19-/m0/s1. The molecule has 0 spiro atoms. The number of nitrogens with one attached hydrogen (secondary N) is 1. The van der Waals surface area contributed by atoms with Crippen molar-refractivity contribution in [3.8, 4) is 0 Å². The molecule has 8 heteroatoms. The minimum atomic E-state index is -1.37. The molecule has 7 nitrogen and oxygen atoms in total. The first-order chi connectivity index (χ1) is 12.9. The number of ether oxygens (including phenoxy) is 2. The van der Waals surface area contributed by atoms with Gasteiger partial charge in [0, 0.05) is 5.69 Å². The van der Waals surface area contributed by atoms with Gasteiger partial charge in [0.2, 0.25) is 0 Å². The summed E-state index contributed by atoms with van der Waals surface area (Å²) in [6, 6.07) is 12.7. The Bertz CT molecular complexity index is 968. The summed E-state index contributed by atoms with van der Waals surface area (Å²) in [6.45, 7) is 1.75. The predicted molar refractivity (Wildman–Crippen MR) is 96.4 cm³/mol. The SMILES string of the molecule is Cc1ccccc1C(=O)O[C@H]1OC(=O)C(Cl)=C1Nc1cccc(C(=O)O)c1. The predicted octanol–water partition coefficient (Wildman–Crippen LogP) is 3.30. The normalized spacial score (nSPS) is 16.1. The van der Waals surface area contributed by atoms with Gasteiger partial charge in [0.05, 0.1) is 11.1 Å². The lowest BCUT2D eigenvalue weighted by Crippen LogP contribution is -2.24. The molecule has 0 unspecified atom stereocenters. The third-order valence-corrected chi connectivity index (χ3v) is 4.19. The average molecular weight is 388 g/mol. The maximum absolute atomic E-state index is 12.4. The number of aromatic carboxylic acids is 1. The van der Waals surface area contributed by atoms with Gasteiger partial charge in [0.25, 0.3) is 6.29 Å². The van der Waals surface area contributed by atoms with E-state index in [1.54, 1.807) is 37.3 Å². The average Bonchev–Trinajstić information content (AvgIpc) is 2.89. The Balaban J connectivity index is 1.83. The van der Waals surface area contributed by atoms with Gasteiger partial charge in [-0.2, -0.15) is 0 Å². The zero-order chi connectivity index (χ0) is 19.6. The molecule has 3 rings (SSSR count). The summed E-state index contributed by atoms with van der Waals surface area (Å²) in [6.07, 6.45) is -1.37. The number of carboxylic acids is 1. The van der Waals surface area contributed by atoms with Gasteiger partial charge in [-0.1, -0.05) is 35.9 Å². The zero-order valence-corrected chi connectivity index (χ0v) is 14.8. The van der Waals surface area contributed by atoms with E-state index in [9.17, 15) is 14.4 Å². The molecule has 0 aliphatic carbocycles. The van der Waals surface area contributed by atoms with Crippen LogP contribution in [-0.2, 0) is 14.3 Å². The van der Waals surface area contributed by atoms with E-state index in [0.717, 1.165) is 0 Å². The molecule has 1 aliphatic heterocycles. The summed E-state index contributed by atoms with van der Waals surface area (Å²) in [5, 5.41) is 11.6. The molecule has 27 heavy (non-hydrogen) atoms. The van der Waals surface area contributed by atoms with Crippen molar-refractivity contribution in [2.24, 2.45) is 0 Å². The van der Waals surface area contributed by atoms with E-state index in [1.165, 1.54) is 18.2 Å². The molecule has 1 atom stereocenters. The van der Waals surface area contributed by atoms with Crippen LogP contribution in [0.4, 0.5) is 5.69 Å². The van der Waals surface area contributed by atoms with E-state index in [0.29, 0.717) is 16.8 Å². The van der Waals surface area contributed by atoms with Crippen LogP contribution in [0.3, 0.4) is 0 Å². The van der Waals surface area contributed by atoms with Crippen LogP contribution in [0.1, 0.15) is 26.3 Å². The van der Waals surface area contributed by atoms with Gasteiger partial charge in [-0.15, -0.1) is 0 Å². The molecule has 0 amide bonds. The fraction of sp³-hybridized carbons (Fsp3) is 0.105. The lowest BCUT2D eigenvalue weighted by molar-refractivity contribution is -0.152. The van der Waals surface area contributed by atoms with Crippen molar-refractivity contribution in [2.45, 2.75) is 13.2 Å². The Hall–Kier alpha value is -3.32. The van der Waals surface area contributed by atoms with Crippen molar-refractivity contribution in [2.75, 3.05) is 5.32 Å². The maximum Gasteiger partial charge on any atom is 0.355 e. The van der Waals surface area contributed by atoms with Crippen molar-refractivity contribution < 1.29 is 29.0 Å². The zero-order valence-electron chi connectivity index (χ0n) is 14.1. The molecule has 138 valence electrons. The van der Waals surface area contributed by atoms with Gasteiger partial charge in [-0.3, -0.25) is 0 Å². The van der Waals surface area contributed by atoms with E-state index in [4.69, 9.17) is 26.2 Å². The minimum Gasteiger partial charge on any atom is -0.478 e. The summed E-state index contributed by atoms with van der Waals surface area (Å²) in [5.74, 6) is -2.65. The van der Waals surface area contributed by atoms with E-state index in [-0.39, 0.29) is 16.3 Å². The van der Waals surface area contributed by atoms with Crippen LogP contribution < -0.4 is 5.32 Å². The summed E-state index contributed by atoms with van der Waals surface area (Å²) in [7, 11) is 0. The lowest BCUT2D eigenvalue weighted by atomic mass is 10.1. The molecule has 0 bridgehead atoms. The number of benzene rings is 2. The van der Waals surface area contributed by atoms with Crippen molar-refractivity contribution in [1.82, 2.24) is 0 Å². The third kappa shape index (κ3) is 3.93. The van der Waals surface area contributed by atoms with Crippen LogP contribution >= 0.6 is 11.6 Å². The van der Waals surface area contributed by atoms with Crippen molar-refractivity contribution >= 4 is 35.2 Å². The quantitative estimate of drug-likeness (QED) is 0.759. The largest absolute Gasteiger partial charge is 0.478 e. The van der Waals surface area contributed by atoms with Gasteiger partial charge >= 0.3 is 17.9 Å². The first-order valence-electron chi connectivity index (χ1n) is 7.84. The molecule has 2 aromatic carbocycles. The number of carbonyl (C=O) groups excluding carboxylic acids is 2. The monoisotopic (exact) mass is 387 g/mol. The van der Waals surface area contributed by atoms with Gasteiger partial charge in [-0.25, -0.2) is 14.4 Å². The fourth-order valence-electron chi connectivity index (χ4n) is 2.47. The van der Waals surface area contributed by atoms with Crippen LogP contribution in [0.5, 0.6) is 0 Å². The number of cyclic esters (lactones) is 1. The molecule has 1 aliphatic rings. The second kappa shape index (κ2) is 7.51. The van der Waals surface area contributed by atoms with Crippen LogP contribution in [0.2, 0.25) is 0 Å². The summed E-state index contributed by atoms with van der Waals surface area (Å²) >= 11 is 5.97. The number of hydrogen-bond acceptors (Lipinski definition) is 6. The summed E-state index contributed by atoms with van der Waals surface area (Å²) in [5.41, 5.74) is 1.43. The number of anilines is 1. The van der Waals surface area contributed by atoms with E-state index >= 15 is 0 Å².